The Morgan fingerprint density at radius 2 is 1.89 bits per heavy atom. The van der Waals surface area contributed by atoms with Gasteiger partial charge in [0.25, 0.3) is 0 Å². The Kier molecular flexibility index (Phi) is 7.09. The summed E-state index contributed by atoms with van der Waals surface area (Å²) < 4.78 is 45.4. The van der Waals surface area contributed by atoms with Crippen LogP contribution in [0.2, 0.25) is 0 Å². The molecule has 2 aromatic rings. The molecular formula is C19H21FN2O4S. The number of ether oxygens (including phenoxy) is 1. The van der Waals surface area contributed by atoms with E-state index < -0.39 is 33.2 Å². The van der Waals surface area contributed by atoms with Gasteiger partial charge >= 0.3 is 0 Å². The highest BCUT2D eigenvalue weighted by atomic mass is 32.2. The van der Waals surface area contributed by atoms with E-state index in [9.17, 15) is 17.6 Å². The molecule has 0 aromatic heterocycles. The van der Waals surface area contributed by atoms with Crippen LogP contribution in [0.3, 0.4) is 0 Å². The minimum atomic E-state index is -4.18. The Morgan fingerprint density at radius 3 is 2.56 bits per heavy atom. The molecule has 2 rings (SSSR count). The number of rotatable bonds is 9. The smallest absolute Gasteiger partial charge is 0.246 e. The van der Waals surface area contributed by atoms with E-state index in [-0.39, 0.29) is 13.1 Å². The summed E-state index contributed by atoms with van der Waals surface area (Å²) in [5.41, 5.74) is 0.751. The van der Waals surface area contributed by atoms with Crippen molar-refractivity contribution >= 4 is 15.9 Å². The van der Waals surface area contributed by atoms with Crippen molar-refractivity contribution in [3.05, 3.63) is 72.6 Å². The third kappa shape index (κ3) is 5.15. The Morgan fingerprint density at radius 1 is 1.22 bits per heavy atom. The van der Waals surface area contributed by atoms with Crippen molar-refractivity contribution in [3.63, 3.8) is 0 Å². The molecule has 0 bridgehead atoms. The largest absolute Gasteiger partial charge is 0.496 e. The lowest BCUT2D eigenvalue weighted by molar-refractivity contribution is -0.121. The lowest BCUT2D eigenvalue weighted by Crippen LogP contribution is -2.40. The topological polar surface area (TPSA) is 75.7 Å². The summed E-state index contributed by atoms with van der Waals surface area (Å²) in [7, 11) is -2.66. The fourth-order valence-electron chi connectivity index (χ4n) is 2.44. The number of nitrogens with one attached hydrogen (secondary N) is 1. The molecule has 1 N–H and O–H groups in total. The fraction of sp³-hybridized carbons (Fsp3) is 0.211. The molecule has 0 saturated carbocycles. The first-order valence-electron chi connectivity index (χ1n) is 8.14. The van der Waals surface area contributed by atoms with Gasteiger partial charge in [-0.15, -0.1) is 6.58 Å². The number of hydrogen-bond donors (Lipinski definition) is 1. The third-order valence-corrected chi connectivity index (χ3v) is 5.62. The Labute approximate surface area is 158 Å². The van der Waals surface area contributed by atoms with Crippen LogP contribution in [-0.4, -0.2) is 38.8 Å². The molecule has 0 unspecified atom stereocenters. The first kappa shape index (κ1) is 20.6. The summed E-state index contributed by atoms with van der Waals surface area (Å²) >= 11 is 0. The van der Waals surface area contributed by atoms with Crippen molar-refractivity contribution in [2.75, 3.05) is 20.2 Å². The first-order valence-corrected chi connectivity index (χ1v) is 9.58. The zero-order valence-electron chi connectivity index (χ0n) is 14.9. The third-order valence-electron chi connectivity index (χ3n) is 3.78. The minimum absolute atomic E-state index is 0.126. The monoisotopic (exact) mass is 392 g/mol. The van der Waals surface area contributed by atoms with Crippen molar-refractivity contribution in [1.29, 1.82) is 0 Å². The number of halogens is 1. The van der Waals surface area contributed by atoms with Gasteiger partial charge < -0.3 is 10.1 Å². The number of sulfonamides is 1. The van der Waals surface area contributed by atoms with Gasteiger partial charge in [-0.05, 0) is 18.2 Å². The molecule has 0 aliphatic heterocycles. The van der Waals surface area contributed by atoms with Crippen LogP contribution in [0.15, 0.2) is 66.1 Å². The highest BCUT2D eigenvalue weighted by Crippen LogP contribution is 2.19. The van der Waals surface area contributed by atoms with Crippen LogP contribution in [0.4, 0.5) is 4.39 Å². The van der Waals surface area contributed by atoms with Crippen LogP contribution in [0.25, 0.3) is 0 Å². The van der Waals surface area contributed by atoms with Gasteiger partial charge in [0.05, 0.1) is 13.7 Å². The predicted octanol–water partition coefficient (Wildman–Crippen LogP) is 2.33. The molecule has 0 radical (unpaired) electrons. The zero-order valence-corrected chi connectivity index (χ0v) is 15.7. The summed E-state index contributed by atoms with van der Waals surface area (Å²) in [6.07, 6.45) is 1.34. The van der Waals surface area contributed by atoms with Crippen molar-refractivity contribution in [2.45, 2.75) is 11.4 Å². The summed E-state index contributed by atoms with van der Waals surface area (Å²) in [6, 6.07) is 12.2. The molecular weight excluding hydrogens is 371 g/mol. The van der Waals surface area contributed by atoms with E-state index in [0.29, 0.717) is 5.75 Å². The molecule has 0 saturated heterocycles. The Bertz CT molecular complexity index is 915. The van der Waals surface area contributed by atoms with Gasteiger partial charge in [0.2, 0.25) is 15.9 Å². The van der Waals surface area contributed by atoms with Crippen LogP contribution >= 0.6 is 0 Å². The molecule has 144 valence electrons. The molecule has 0 fully saturated rings. The van der Waals surface area contributed by atoms with Gasteiger partial charge in [0.15, 0.2) is 0 Å². The quantitative estimate of drug-likeness (QED) is 0.665. The van der Waals surface area contributed by atoms with Crippen molar-refractivity contribution < 1.29 is 22.3 Å². The van der Waals surface area contributed by atoms with E-state index in [0.717, 1.165) is 22.0 Å². The van der Waals surface area contributed by atoms with E-state index in [1.54, 1.807) is 24.3 Å². The fourth-order valence-corrected chi connectivity index (χ4v) is 3.88. The second-order valence-corrected chi connectivity index (χ2v) is 7.51. The average Bonchev–Trinajstić information content (AvgIpc) is 2.66. The van der Waals surface area contributed by atoms with Gasteiger partial charge in [-0.25, -0.2) is 12.8 Å². The number of amides is 1. The Balaban J connectivity index is 2.12. The second-order valence-electron chi connectivity index (χ2n) is 5.61. The van der Waals surface area contributed by atoms with Crippen LogP contribution in [-0.2, 0) is 21.4 Å². The molecule has 0 aliphatic rings. The second kappa shape index (κ2) is 9.29. The molecule has 0 atom stereocenters. The standard InChI is InChI=1S/C19H21FN2O4S/c1-3-12-22(27(24,25)18-11-7-5-9-16(18)20)14-19(23)21-13-15-8-4-6-10-17(15)26-2/h3-11H,1,12-14H2,2H3,(H,21,23). The summed E-state index contributed by atoms with van der Waals surface area (Å²) in [5.74, 6) is -0.789. The first-order chi connectivity index (χ1) is 12.9. The van der Waals surface area contributed by atoms with Crippen LogP contribution in [0, 0.1) is 5.82 Å². The predicted molar refractivity (Wildman–Crippen MR) is 100 cm³/mol. The average molecular weight is 392 g/mol. The van der Waals surface area contributed by atoms with E-state index in [2.05, 4.69) is 11.9 Å². The van der Waals surface area contributed by atoms with Crippen molar-refractivity contribution in [2.24, 2.45) is 0 Å². The maximum absolute atomic E-state index is 13.9. The van der Waals surface area contributed by atoms with Crippen molar-refractivity contribution in [1.82, 2.24) is 9.62 Å². The molecule has 2 aromatic carbocycles. The maximum Gasteiger partial charge on any atom is 0.246 e. The number of nitrogens with zero attached hydrogens (tertiary/aromatic N) is 1. The lowest BCUT2D eigenvalue weighted by atomic mass is 10.2. The molecule has 0 spiro atoms. The van der Waals surface area contributed by atoms with E-state index in [1.807, 2.05) is 0 Å². The Hall–Kier alpha value is -2.71. The molecule has 0 aliphatic carbocycles. The normalized spacial score (nSPS) is 11.2. The number of carbonyl (C=O) groups excluding carboxylic acids is 1. The van der Waals surface area contributed by atoms with Gasteiger partial charge in [0.1, 0.15) is 16.5 Å². The van der Waals surface area contributed by atoms with Gasteiger partial charge in [-0.1, -0.05) is 36.4 Å². The molecule has 27 heavy (non-hydrogen) atoms. The number of para-hydroxylation sites is 1. The highest BCUT2D eigenvalue weighted by Gasteiger charge is 2.28. The molecule has 8 heteroatoms. The van der Waals surface area contributed by atoms with E-state index in [1.165, 1.54) is 25.3 Å². The van der Waals surface area contributed by atoms with Gasteiger partial charge in [-0.2, -0.15) is 4.31 Å². The zero-order chi connectivity index (χ0) is 19.9. The summed E-state index contributed by atoms with van der Waals surface area (Å²) in [4.78, 5) is 11.8. The maximum atomic E-state index is 13.9. The molecule has 0 heterocycles. The van der Waals surface area contributed by atoms with E-state index >= 15 is 0 Å². The number of hydrogen-bond acceptors (Lipinski definition) is 4. The van der Waals surface area contributed by atoms with E-state index in [4.69, 9.17) is 4.74 Å². The summed E-state index contributed by atoms with van der Waals surface area (Å²) in [5, 5.41) is 2.65. The number of methoxy groups -OCH3 is 1. The lowest BCUT2D eigenvalue weighted by Gasteiger charge is -2.20. The van der Waals surface area contributed by atoms with Crippen LogP contribution in [0.1, 0.15) is 5.56 Å². The minimum Gasteiger partial charge on any atom is -0.496 e. The summed E-state index contributed by atoms with van der Waals surface area (Å²) in [6.45, 7) is 3.09. The van der Waals surface area contributed by atoms with Crippen LogP contribution in [0.5, 0.6) is 5.75 Å². The number of carbonyl (C=O) groups is 1. The highest BCUT2D eigenvalue weighted by molar-refractivity contribution is 7.89. The molecule has 6 nitrogen and oxygen atoms in total. The SMILES string of the molecule is C=CCN(CC(=O)NCc1ccccc1OC)S(=O)(=O)c1ccccc1F. The van der Waals surface area contributed by atoms with Gasteiger partial charge in [0, 0.05) is 18.7 Å². The van der Waals surface area contributed by atoms with Crippen LogP contribution < -0.4 is 10.1 Å². The molecule has 1 amide bonds. The van der Waals surface area contributed by atoms with Crippen molar-refractivity contribution in [3.8, 4) is 5.75 Å². The van der Waals surface area contributed by atoms with Gasteiger partial charge in [-0.3, -0.25) is 4.79 Å². The number of benzene rings is 2.